The van der Waals surface area contributed by atoms with Gasteiger partial charge in [-0.2, -0.15) is 4.68 Å². The zero-order chi connectivity index (χ0) is 24.6. The predicted octanol–water partition coefficient (Wildman–Crippen LogP) is 5.69. The van der Waals surface area contributed by atoms with Crippen LogP contribution in [0, 0.1) is 5.82 Å². The van der Waals surface area contributed by atoms with Crippen LogP contribution >= 0.6 is 39.3 Å². The first kappa shape index (κ1) is 25.4. The third-order valence-electron chi connectivity index (χ3n) is 4.99. The van der Waals surface area contributed by atoms with Crippen LogP contribution in [0.25, 0.3) is 5.69 Å². The van der Waals surface area contributed by atoms with Crippen molar-refractivity contribution in [1.82, 2.24) is 25.5 Å². The molecule has 1 N–H and O–H groups in total. The Hall–Kier alpha value is -2.66. The summed E-state index contributed by atoms with van der Waals surface area (Å²) in [6, 6.07) is 18.1. The second kappa shape index (κ2) is 12.3. The third-order valence-corrected chi connectivity index (χ3v) is 6.86. The van der Waals surface area contributed by atoms with Gasteiger partial charge in [0.05, 0.1) is 22.3 Å². The number of nitrogens with one attached hydrogen (secondary N) is 1. The Morgan fingerprint density at radius 2 is 1.97 bits per heavy atom. The minimum Gasteiger partial charge on any atom is -0.493 e. The molecule has 1 heterocycles. The predicted molar refractivity (Wildman–Crippen MR) is 138 cm³/mol. The van der Waals surface area contributed by atoms with Gasteiger partial charge in [-0.05, 0) is 68.3 Å². The highest BCUT2D eigenvalue weighted by Gasteiger charge is 2.15. The van der Waals surface area contributed by atoms with Crippen molar-refractivity contribution in [2.24, 2.45) is 0 Å². The van der Waals surface area contributed by atoms with E-state index in [1.807, 2.05) is 42.5 Å². The molecule has 0 radical (unpaired) electrons. The summed E-state index contributed by atoms with van der Waals surface area (Å²) in [5.74, 6) is 1.40. The molecule has 4 aromatic rings. The molecule has 0 amide bonds. The van der Waals surface area contributed by atoms with Gasteiger partial charge < -0.3 is 14.8 Å². The fourth-order valence-electron chi connectivity index (χ4n) is 3.28. The maximum Gasteiger partial charge on any atom is 0.214 e. The number of rotatable bonds is 11. The van der Waals surface area contributed by atoms with Gasteiger partial charge in [0.2, 0.25) is 5.16 Å². The Balaban J connectivity index is 1.31. The van der Waals surface area contributed by atoms with Gasteiger partial charge in [0.25, 0.3) is 0 Å². The van der Waals surface area contributed by atoms with Crippen LogP contribution < -0.4 is 14.8 Å². The van der Waals surface area contributed by atoms with E-state index in [0.717, 1.165) is 28.7 Å². The number of methoxy groups -OCH3 is 1. The molecule has 0 spiro atoms. The third kappa shape index (κ3) is 6.52. The van der Waals surface area contributed by atoms with E-state index in [-0.39, 0.29) is 6.61 Å². The van der Waals surface area contributed by atoms with E-state index in [4.69, 9.17) is 21.1 Å². The summed E-state index contributed by atoms with van der Waals surface area (Å²) in [5.41, 5.74) is 2.22. The largest absolute Gasteiger partial charge is 0.493 e. The summed E-state index contributed by atoms with van der Waals surface area (Å²) in [6.45, 7) is 1.35. The lowest BCUT2D eigenvalue weighted by Crippen LogP contribution is -2.17. The van der Waals surface area contributed by atoms with E-state index < -0.39 is 5.82 Å². The summed E-state index contributed by atoms with van der Waals surface area (Å²) in [5, 5.41) is 16.4. The smallest absolute Gasteiger partial charge is 0.214 e. The van der Waals surface area contributed by atoms with Gasteiger partial charge in [-0.15, -0.1) is 5.10 Å². The van der Waals surface area contributed by atoms with E-state index in [2.05, 4.69) is 36.8 Å². The van der Waals surface area contributed by atoms with Crippen molar-refractivity contribution in [2.45, 2.75) is 18.3 Å². The Morgan fingerprint density at radius 1 is 1.14 bits per heavy atom. The van der Waals surface area contributed by atoms with Gasteiger partial charge in [0, 0.05) is 24.4 Å². The first-order valence-electron chi connectivity index (χ1n) is 10.7. The van der Waals surface area contributed by atoms with Gasteiger partial charge in [-0.3, -0.25) is 0 Å². The number of hydrogen-bond acceptors (Lipinski definition) is 7. The van der Waals surface area contributed by atoms with E-state index in [1.54, 1.807) is 35.7 Å². The van der Waals surface area contributed by atoms with Gasteiger partial charge in [0.1, 0.15) is 12.4 Å². The molecule has 0 bridgehead atoms. The number of halogens is 3. The molecule has 7 nitrogen and oxygen atoms in total. The Kier molecular flexibility index (Phi) is 8.97. The van der Waals surface area contributed by atoms with Crippen LogP contribution in [0.15, 0.2) is 70.3 Å². The van der Waals surface area contributed by atoms with E-state index in [1.165, 1.54) is 6.07 Å². The number of aromatic nitrogens is 4. The zero-order valence-corrected chi connectivity index (χ0v) is 21.9. The maximum absolute atomic E-state index is 14.1. The van der Waals surface area contributed by atoms with E-state index >= 15 is 0 Å². The zero-order valence-electron chi connectivity index (χ0n) is 18.7. The molecular formula is C24H22BrClFN5O2S. The number of thioether (sulfide) groups is 1. The molecule has 0 saturated carbocycles. The van der Waals surface area contributed by atoms with Crippen molar-refractivity contribution in [1.29, 1.82) is 0 Å². The second-order valence-corrected chi connectivity index (χ2v) is 9.66. The standard InChI is InChI=1S/C24H22BrClFN5O2S/c1-33-22-13-16(12-19(25)23(22)34-15-18-20(26)8-5-9-21(18)27)14-28-10-11-35-24-29-30-31-32(24)17-6-3-2-4-7-17/h2-9,12-13,28H,10-11,14-15H2,1H3. The molecule has 0 fully saturated rings. The lowest BCUT2D eigenvalue weighted by Gasteiger charge is -2.15. The molecule has 0 saturated heterocycles. The first-order valence-corrected chi connectivity index (χ1v) is 12.8. The van der Waals surface area contributed by atoms with E-state index in [0.29, 0.717) is 33.1 Å². The number of ether oxygens (including phenoxy) is 2. The first-order chi connectivity index (χ1) is 17.1. The van der Waals surface area contributed by atoms with Crippen LogP contribution in [0.1, 0.15) is 11.1 Å². The highest BCUT2D eigenvalue weighted by atomic mass is 79.9. The molecule has 0 aliphatic rings. The normalized spacial score (nSPS) is 11.0. The number of nitrogens with zero attached hydrogens (tertiary/aromatic N) is 4. The monoisotopic (exact) mass is 577 g/mol. The van der Waals surface area contributed by atoms with Crippen LogP contribution in [-0.4, -0.2) is 39.6 Å². The van der Waals surface area contributed by atoms with Crippen molar-refractivity contribution in [2.75, 3.05) is 19.4 Å². The van der Waals surface area contributed by atoms with Crippen molar-refractivity contribution in [3.05, 3.63) is 87.1 Å². The van der Waals surface area contributed by atoms with Crippen molar-refractivity contribution in [3.8, 4) is 17.2 Å². The lowest BCUT2D eigenvalue weighted by atomic mass is 10.2. The summed E-state index contributed by atoms with van der Waals surface area (Å²) in [4.78, 5) is 0. The van der Waals surface area contributed by atoms with Gasteiger partial charge >= 0.3 is 0 Å². The van der Waals surface area contributed by atoms with Crippen LogP contribution in [-0.2, 0) is 13.2 Å². The number of tetrazole rings is 1. The summed E-state index contributed by atoms with van der Waals surface area (Å²) < 4.78 is 27.9. The van der Waals surface area contributed by atoms with Crippen LogP contribution in [0.2, 0.25) is 5.02 Å². The molecule has 1 aromatic heterocycles. The minimum atomic E-state index is -0.413. The minimum absolute atomic E-state index is 0.0161. The number of benzene rings is 3. The average molecular weight is 579 g/mol. The van der Waals surface area contributed by atoms with Crippen LogP contribution in [0.5, 0.6) is 11.5 Å². The lowest BCUT2D eigenvalue weighted by molar-refractivity contribution is 0.277. The number of para-hydroxylation sites is 1. The Bertz CT molecular complexity index is 1260. The Morgan fingerprint density at radius 3 is 2.74 bits per heavy atom. The molecule has 4 rings (SSSR count). The van der Waals surface area contributed by atoms with E-state index in [9.17, 15) is 4.39 Å². The van der Waals surface area contributed by atoms with Crippen molar-refractivity contribution in [3.63, 3.8) is 0 Å². The van der Waals surface area contributed by atoms with Crippen molar-refractivity contribution < 1.29 is 13.9 Å². The molecule has 182 valence electrons. The molecule has 0 atom stereocenters. The number of hydrogen-bond donors (Lipinski definition) is 1. The quantitative estimate of drug-likeness (QED) is 0.181. The van der Waals surface area contributed by atoms with Crippen LogP contribution in [0.4, 0.5) is 4.39 Å². The van der Waals surface area contributed by atoms with Crippen LogP contribution in [0.3, 0.4) is 0 Å². The highest BCUT2D eigenvalue weighted by Crippen LogP contribution is 2.37. The molecule has 0 aliphatic carbocycles. The molecule has 11 heteroatoms. The molecular weight excluding hydrogens is 557 g/mol. The summed E-state index contributed by atoms with van der Waals surface area (Å²) in [7, 11) is 1.56. The molecule has 35 heavy (non-hydrogen) atoms. The van der Waals surface area contributed by atoms with Gasteiger partial charge in [-0.25, -0.2) is 4.39 Å². The van der Waals surface area contributed by atoms with Gasteiger partial charge in [-0.1, -0.05) is 47.6 Å². The Labute approximate surface area is 220 Å². The van der Waals surface area contributed by atoms with Crippen molar-refractivity contribution >= 4 is 39.3 Å². The maximum atomic E-state index is 14.1. The fourth-order valence-corrected chi connectivity index (χ4v) is 4.89. The SMILES string of the molecule is COc1cc(CNCCSc2nnnn2-c2ccccc2)cc(Br)c1OCc1c(F)cccc1Cl. The average Bonchev–Trinajstić information content (AvgIpc) is 3.33. The van der Waals surface area contributed by atoms with Gasteiger partial charge in [0.15, 0.2) is 11.5 Å². The highest BCUT2D eigenvalue weighted by molar-refractivity contribution is 9.10. The molecule has 3 aromatic carbocycles. The topological polar surface area (TPSA) is 74.1 Å². The summed E-state index contributed by atoms with van der Waals surface area (Å²) in [6.07, 6.45) is 0. The second-order valence-electron chi connectivity index (χ2n) is 7.33. The summed E-state index contributed by atoms with van der Waals surface area (Å²) >= 11 is 11.2. The fraction of sp³-hybridized carbons (Fsp3) is 0.208. The molecule has 0 aliphatic heterocycles. The molecule has 0 unspecified atom stereocenters.